The first-order chi connectivity index (χ1) is 12.7. The number of aryl methyl sites for hydroxylation is 1. The van der Waals surface area contributed by atoms with Gasteiger partial charge in [-0.3, -0.25) is 4.79 Å². The van der Waals surface area contributed by atoms with Crippen molar-refractivity contribution in [1.82, 2.24) is 0 Å². The quantitative estimate of drug-likeness (QED) is 0.694. The van der Waals surface area contributed by atoms with Gasteiger partial charge in [-0.1, -0.05) is 42.0 Å². The van der Waals surface area contributed by atoms with Gasteiger partial charge in [-0.05, 0) is 48.9 Å². The van der Waals surface area contributed by atoms with E-state index in [1.54, 1.807) is 31.4 Å². The lowest BCUT2D eigenvalue weighted by atomic mass is 10.1. The lowest BCUT2D eigenvalue weighted by Crippen LogP contribution is -2.12. The predicted octanol–water partition coefficient (Wildman–Crippen LogP) is 4.83. The zero-order valence-corrected chi connectivity index (χ0v) is 14.9. The van der Waals surface area contributed by atoms with Crippen LogP contribution in [0.3, 0.4) is 0 Å². The Hall–Kier alpha value is -3.27. The second-order valence-corrected chi connectivity index (χ2v) is 5.95. The summed E-state index contributed by atoms with van der Waals surface area (Å²) < 4.78 is 11.0. The molecule has 4 heteroatoms. The van der Waals surface area contributed by atoms with Gasteiger partial charge in [0.2, 0.25) is 0 Å². The topological polar surface area (TPSA) is 47.6 Å². The van der Waals surface area contributed by atoms with E-state index in [9.17, 15) is 4.79 Å². The van der Waals surface area contributed by atoms with Crippen molar-refractivity contribution in [3.8, 4) is 11.5 Å². The van der Waals surface area contributed by atoms with E-state index < -0.39 is 0 Å². The largest absolute Gasteiger partial charge is 0.495 e. The summed E-state index contributed by atoms with van der Waals surface area (Å²) in [7, 11) is 1.58. The summed E-state index contributed by atoms with van der Waals surface area (Å²) in [5.41, 5.74) is 3.42. The van der Waals surface area contributed by atoms with Crippen molar-refractivity contribution in [3.63, 3.8) is 0 Å². The van der Waals surface area contributed by atoms with Gasteiger partial charge in [0.15, 0.2) is 0 Å². The number of carbonyl (C=O) groups excluding carboxylic acids is 1. The summed E-state index contributed by atoms with van der Waals surface area (Å²) in [6.45, 7) is 2.50. The van der Waals surface area contributed by atoms with Crippen LogP contribution in [0.5, 0.6) is 11.5 Å². The molecule has 0 saturated heterocycles. The molecule has 3 aromatic carbocycles. The van der Waals surface area contributed by atoms with Crippen molar-refractivity contribution in [2.75, 3.05) is 12.4 Å². The molecule has 4 nitrogen and oxygen atoms in total. The van der Waals surface area contributed by atoms with Crippen molar-refractivity contribution < 1.29 is 14.3 Å². The smallest absolute Gasteiger partial charge is 0.255 e. The molecule has 0 heterocycles. The number of hydrogen-bond donors (Lipinski definition) is 1. The number of amides is 1. The Bertz CT molecular complexity index is 871. The number of rotatable bonds is 6. The van der Waals surface area contributed by atoms with Gasteiger partial charge < -0.3 is 14.8 Å². The molecule has 0 atom stereocenters. The number of nitrogens with one attached hydrogen (secondary N) is 1. The van der Waals surface area contributed by atoms with Gasteiger partial charge in [0, 0.05) is 5.56 Å². The molecule has 3 rings (SSSR count). The van der Waals surface area contributed by atoms with E-state index in [2.05, 4.69) is 5.32 Å². The number of hydrogen-bond acceptors (Lipinski definition) is 3. The summed E-state index contributed by atoms with van der Waals surface area (Å²) in [4.78, 5) is 12.4. The van der Waals surface area contributed by atoms with Gasteiger partial charge in [-0.25, -0.2) is 0 Å². The fraction of sp³-hybridized carbons (Fsp3) is 0.136. The van der Waals surface area contributed by atoms with Crippen LogP contribution in [-0.4, -0.2) is 13.0 Å². The van der Waals surface area contributed by atoms with Crippen LogP contribution in [0.15, 0.2) is 72.8 Å². The standard InChI is InChI=1S/C22H21NO3/c1-16-7-13-19(14-8-16)26-15-17-9-11-18(12-10-17)22(24)23-20-5-3-4-6-21(20)25-2/h3-14H,15H2,1-2H3,(H,23,24). The summed E-state index contributed by atoms with van der Waals surface area (Å²) in [5, 5.41) is 2.87. The minimum Gasteiger partial charge on any atom is -0.495 e. The molecule has 0 unspecified atom stereocenters. The summed E-state index contributed by atoms with van der Waals surface area (Å²) in [6, 6.07) is 22.6. The number of carbonyl (C=O) groups is 1. The lowest BCUT2D eigenvalue weighted by molar-refractivity contribution is 0.102. The van der Waals surface area contributed by atoms with Gasteiger partial charge in [-0.2, -0.15) is 0 Å². The van der Waals surface area contributed by atoms with Gasteiger partial charge in [0.1, 0.15) is 18.1 Å². The van der Waals surface area contributed by atoms with Crippen molar-refractivity contribution in [2.24, 2.45) is 0 Å². The van der Waals surface area contributed by atoms with Crippen LogP contribution in [0, 0.1) is 6.92 Å². The maximum Gasteiger partial charge on any atom is 0.255 e. The Morgan fingerprint density at radius 1 is 0.923 bits per heavy atom. The van der Waals surface area contributed by atoms with E-state index in [-0.39, 0.29) is 5.91 Å². The van der Waals surface area contributed by atoms with E-state index in [1.165, 1.54) is 5.56 Å². The molecule has 1 N–H and O–H groups in total. The molecule has 0 aromatic heterocycles. The van der Waals surface area contributed by atoms with Crippen molar-refractivity contribution >= 4 is 11.6 Å². The Morgan fingerprint density at radius 3 is 2.31 bits per heavy atom. The molecule has 0 aliphatic carbocycles. The molecule has 0 aliphatic rings. The highest BCUT2D eigenvalue weighted by molar-refractivity contribution is 6.05. The average Bonchev–Trinajstić information content (AvgIpc) is 2.68. The van der Waals surface area contributed by atoms with Crippen molar-refractivity contribution in [2.45, 2.75) is 13.5 Å². The van der Waals surface area contributed by atoms with E-state index in [1.807, 2.05) is 55.5 Å². The molecule has 3 aromatic rings. The minimum absolute atomic E-state index is 0.180. The summed E-state index contributed by atoms with van der Waals surface area (Å²) in [5.74, 6) is 1.28. The van der Waals surface area contributed by atoms with Crippen molar-refractivity contribution in [3.05, 3.63) is 89.5 Å². The fourth-order valence-corrected chi connectivity index (χ4v) is 2.50. The fourth-order valence-electron chi connectivity index (χ4n) is 2.50. The molecule has 1 amide bonds. The van der Waals surface area contributed by atoms with Gasteiger partial charge in [0.25, 0.3) is 5.91 Å². The highest BCUT2D eigenvalue weighted by atomic mass is 16.5. The summed E-state index contributed by atoms with van der Waals surface area (Å²) >= 11 is 0. The number of benzene rings is 3. The zero-order valence-electron chi connectivity index (χ0n) is 14.9. The highest BCUT2D eigenvalue weighted by Crippen LogP contribution is 2.23. The number of methoxy groups -OCH3 is 1. The molecule has 132 valence electrons. The molecule has 0 spiro atoms. The second-order valence-electron chi connectivity index (χ2n) is 5.95. The molecule has 0 saturated carbocycles. The van der Waals surface area contributed by atoms with E-state index in [4.69, 9.17) is 9.47 Å². The van der Waals surface area contributed by atoms with Crippen LogP contribution >= 0.6 is 0 Å². The Balaban J connectivity index is 1.61. The number of ether oxygens (including phenoxy) is 2. The molecule has 0 radical (unpaired) electrons. The first-order valence-electron chi connectivity index (χ1n) is 8.38. The van der Waals surface area contributed by atoms with Gasteiger partial charge >= 0.3 is 0 Å². The van der Waals surface area contributed by atoms with Gasteiger partial charge in [0.05, 0.1) is 12.8 Å². The van der Waals surface area contributed by atoms with Crippen LogP contribution < -0.4 is 14.8 Å². The molecule has 26 heavy (non-hydrogen) atoms. The maximum absolute atomic E-state index is 12.4. The zero-order chi connectivity index (χ0) is 18.4. The first kappa shape index (κ1) is 17.5. The van der Waals surface area contributed by atoms with Crippen LogP contribution in [0.2, 0.25) is 0 Å². The van der Waals surface area contributed by atoms with Crippen LogP contribution in [-0.2, 0) is 6.61 Å². The number of anilines is 1. The third-order valence-electron chi connectivity index (χ3n) is 4.00. The Morgan fingerprint density at radius 2 is 1.62 bits per heavy atom. The van der Waals surface area contributed by atoms with E-state index in [0.717, 1.165) is 11.3 Å². The highest BCUT2D eigenvalue weighted by Gasteiger charge is 2.09. The van der Waals surface area contributed by atoms with Gasteiger partial charge in [-0.15, -0.1) is 0 Å². The summed E-state index contributed by atoms with van der Waals surface area (Å²) in [6.07, 6.45) is 0. The Kier molecular flexibility index (Phi) is 5.54. The van der Waals surface area contributed by atoms with Crippen LogP contribution in [0.1, 0.15) is 21.5 Å². The SMILES string of the molecule is COc1ccccc1NC(=O)c1ccc(COc2ccc(C)cc2)cc1. The molecule has 0 bridgehead atoms. The Labute approximate surface area is 153 Å². The maximum atomic E-state index is 12.4. The molecule has 0 fully saturated rings. The third-order valence-corrected chi connectivity index (χ3v) is 4.00. The van der Waals surface area contributed by atoms with E-state index in [0.29, 0.717) is 23.6 Å². The number of para-hydroxylation sites is 2. The predicted molar refractivity (Wildman–Crippen MR) is 103 cm³/mol. The molecular weight excluding hydrogens is 326 g/mol. The molecule has 0 aliphatic heterocycles. The average molecular weight is 347 g/mol. The monoisotopic (exact) mass is 347 g/mol. The normalized spacial score (nSPS) is 10.2. The van der Waals surface area contributed by atoms with Crippen LogP contribution in [0.4, 0.5) is 5.69 Å². The van der Waals surface area contributed by atoms with Crippen LogP contribution in [0.25, 0.3) is 0 Å². The van der Waals surface area contributed by atoms with Crippen molar-refractivity contribution in [1.29, 1.82) is 0 Å². The van der Waals surface area contributed by atoms with E-state index >= 15 is 0 Å². The minimum atomic E-state index is -0.180. The molecular formula is C22H21NO3. The first-order valence-corrected chi connectivity index (χ1v) is 8.38. The second kappa shape index (κ2) is 8.21. The third kappa shape index (κ3) is 4.42. The lowest BCUT2D eigenvalue weighted by Gasteiger charge is -2.10.